The van der Waals surface area contributed by atoms with E-state index in [0.717, 1.165) is 31.4 Å². The molecular weight excluding hydrogens is 276 g/mol. The van der Waals surface area contributed by atoms with Gasteiger partial charge in [0, 0.05) is 23.7 Å². The highest BCUT2D eigenvalue weighted by molar-refractivity contribution is 5.92. The number of nitrogens with two attached hydrogens (primary N) is 2. The summed E-state index contributed by atoms with van der Waals surface area (Å²) in [5.41, 5.74) is 15.7. The number of aromatic nitrogens is 1. The molecule has 5 N–H and O–H groups in total. The molecule has 1 aromatic rings. The van der Waals surface area contributed by atoms with Gasteiger partial charge in [-0.2, -0.15) is 0 Å². The maximum atomic E-state index is 12.5. The molecule has 3 atom stereocenters. The molecule has 0 bridgehead atoms. The van der Waals surface area contributed by atoms with Crippen molar-refractivity contribution in [3.05, 3.63) is 22.9 Å². The first kappa shape index (κ1) is 15.4. The molecule has 22 heavy (non-hydrogen) atoms. The minimum Gasteiger partial charge on any atom is -0.326 e. The van der Waals surface area contributed by atoms with Gasteiger partial charge in [-0.15, -0.1) is 0 Å². The Kier molecular flexibility index (Phi) is 4.45. The van der Waals surface area contributed by atoms with Gasteiger partial charge >= 0.3 is 0 Å². The fourth-order valence-electron chi connectivity index (χ4n) is 3.71. The summed E-state index contributed by atoms with van der Waals surface area (Å²) in [5.74, 6) is 0.671. The van der Waals surface area contributed by atoms with E-state index in [2.05, 4.69) is 10.3 Å². The molecule has 0 aromatic carbocycles. The number of pyridine rings is 1. The maximum absolute atomic E-state index is 12.5. The second-order valence-corrected chi connectivity index (χ2v) is 6.76. The van der Waals surface area contributed by atoms with Gasteiger partial charge in [-0.25, -0.2) is 4.98 Å². The van der Waals surface area contributed by atoms with Crippen LogP contribution in [0.25, 0.3) is 0 Å². The van der Waals surface area contributed by atoms with Gasteiger partial charge in [0.1, 0.15) is 5.82 Å². The van der Waals surface area contributed by atoms with Gasteiger partial charge < -0.3 is 16.8 Å². The predicted molar refractivity (Wildman–Crippen MR) is 87.5 cm³/mol. The Hall–Kier alpha value is -1.46. The van der Waals surface area contributed by atoms with Crippen LogP contribution in [-0.4, -0.2) is 23.0 Å². The highest BCUT2D eigenvalue weighted by atomic mass is 16.1. The second kappa shape index (κ2) is 6.34. The zero-order chi connectivity index (χ0) is 15.7. The van der Waals surface area contributed by atoms with E-state index in [1.807, 2.05) is 13.0 Å². The topological polar surface area (TPSA) is 94.0 Å². The molecular formula is C17H26N4O. The minimum atomic E-state index is -0.0808. The van der Waals surface area contributed by atoms with Crippen molar-refractivity contribution in [1.29, 1.82) is 0 Å². The highest BCUT2D eigenvalue weighted by Crippen LogP contribution is 2.27. The van der Waals surface area contributed by atoms with Gasteiger partial charge in [-0.3, -0.25) is 4.79 Å². The van der Waals surface area contributed by atoms with E-state index >= 15 is 0 Å². The van der Waals surface area contributed by atoms with Crippen LogP contribution < -0.4 is 16.8 Å². The van der Waals surface area contributed by atoms with E-state index in [-0.39, 0.29) is 23.9 Å². The summed E-state index contributed by atoms with van der Waals surface area (Å²) in [5, 5.41) is 2.99. The fourth-order valence-corrected chi connectivity index (χ4v) is 3.71. The largest absolute Gasteiger partial charge is 0.326 e. The Bertz CT molecular complexity index is 572. The normalized spacial score (nSPS) is 28.0. The number of anilines is 1. The number of fused-ring (bicyclic) bond motifs is 1. The molecule has 3 unspecified atom stereocenters. The summed E-state index contributed by atoms with van der Waals surface area (Å²) in [6.07, 6.45) is 6.95. The lowest BCUT2D eigenvalue weighted by Crippen LogP contribution is -2.48. The van der Waals surface area contributed by atoms with E-state index in [1.54, 1.807) is 0 Å². The van der Waals surface area contributed by atoms with Crippen molar-refractivity contribution in [2.75, 3.05) is 5.32 Å². The first-order valence-electron chi connectivity index (χ1n) is 8.36. The molecule has 3 rings (SSSR count). The number of hydrogen-bond donors (Lipinski definition) is 3. The molecule has 0 aliphatic heterocycles. The average molecular weight is 302 g/mol. The number of amides is 1. The van der Waals surface area contributed by atoms with E-state index in [4.69, 9.17) is 11.5 Å². The lowest BCUT2D eigenvalue weighted by atomic mass is 9.82. The molecule has 5 nitrogen and oxygen atoms in total. The molecule has 1 amide bonds. The molecule has 0 radical (unpaired) electrons. The quantitative estimate of drug-likeness (QED) is 0.774. The van der Waals surface area contributed by atoms with Gasteiger partial charge in [0.25, 0.3) is 0 Å². The molecule has 1 heterocycles. The molecule has 0 spiro atoms. The van der Waals surface area contributed by atoms with Crippen LogP contribution >= 0.6 is 0 Å². The standard InChI is InChI=1S/C17H26N4O/c1-10-13-5-3-2-4-11(13)9-16(20-10)21-17(22)12-6-7-14(18)15(19)8-12/h9,12,14-15H,2-8,18-19H2,1H3,(H,20,21,22). The summed E-state index contributed by atoms with van der Waals surface area (Å²) in [4.78, 5) is 17.0. The maximum Gasteiger partial charge on any atom is 0.228 e. The smallest absolute Gasteiger partial charge is 0.228 e. The Morgan fingerprint density at radius 2 is 2.00 bits per heavy atom. The van der Waals surface area contributed by atoms with Crippen molar-refractivity contribution in [2.45, 2.75) is 64.0 Å². The van der Waals surface area contributed by atoms with E-state index < -0.39 is 0 Å². The zero-order valence-electron chi connectivity index (χ0n) is 13.3. The van der Waals surface area contributed by atoms with Crippen molar-refractivity contribution in [3.63, 3.8) is 0 Å². The third-order valence-corrected chi connectivity index (χ3v) is 5.12. The first-order valence-corrected chi connectivity index (χ1v) is 8.36. The van der Waals surface area contributed by atoms with Crippen molar-refractivity contribution in [2.24, 2.45) is 17.4 Å². The Labute approximate surface area is 131 Å². The first-order chi connectivity index (χ1) is 10.5. The van der Waals surface area contributed by atoms with E-state index in [1.165, 1.54) is 24.0 Å². The molecule has 2 aliphatic rings. The van der Waals surface area contributed by atoms with Crippen LogP contribution in [-0.2, 0) is 17.6 Å². The van der Waals surface area contributed by atoms with Crippen LogP contribution in [0.15, 0.2) is 6.07 Å². The SMILES string of the molecule is Cc1nc(NC(=O)C2CCC(N)C(N)C2)cc2c1CCCC2. The van der Waals surface area contributed by atoms with Gasteiger partial charge in [0.2, 0.25) is 5.91 Å². The zero-order valence-corrected chi connectivity index (χ0v) is 13.3. The predicted octanol–water partition coefficient (Wildman–Crippen LogP) is 1.66. The molecule has 1 fully saturated rings. The third kappa shape index (κ3) is 3.15. The summed E-state index contributed by atoms with van der Waals surface area (Å²) >= 11 is 0. The molecule has 0 saturated heterocycles. The fraction of sp³-hybridized carbons (Fsp3) is 0.647. The summed E-state index contributed by atoms with van der Waals surface area (Å²) < 4.78 is 0. The molecule has 5 heteroatoms. The van der Waals surface area contributed by atoms with Crippen LogP contribution in [0.2, 0.25) is 0 Å². The minimum absolute atomic E-state index is 0.0214. The van der Waals surface area contributed by atoms with Crippen LogP contribution in [0.1, 0.15) is 48.9 Å². The van der Waals surface area contributed by atoms with Crippen LogP contribution in [0, 0.1) is 12.8 Å². The molecule has 1 saturated carbocycles. The van der Waals surface area contributed by atoms with Crippen molar-refractivity contribution >= 4 is 11.7 Å². The monoisotopic (exact) mass is 302 g/mol. The van der Waals surface area contributed by atoms with Gasteiger partial charge in [-0.05, 0) is 69.1 Å². The van der Waals surface area contributed by atoms with Crippen LogP contribution in [0.4, 0.5) is 5.82 Å². The lowest BCUT2D eigenvalue weighted by Gasteiger charge is -2.30. The van der Waals surface area contributed by atoms with Crippen molar-refractivity contribution < 1.29 is 4.79 Å². The molecule has 120 valence electrons. The van der Waals surface area contributed by atoms with E-state index in [9.17, 15) is 4.79 Å². The number of carbonyl (C=O) groups is 1. The van der Waals surface area contributed by atoms with Crippen molar-refractivity contribution in [3.8, 4) is 0 Å². The molecule has 2 aliphatic carbocycles. The average Bonchev–Trinajstić information content (AvgIpc) is 2.50. The third-order valence-electron chi connectivity index (χ3n) is 5.12. The highest BCUT2D eigenvalue weighted by Gasteiger charge is 2.30. The lowest BCUT2D eigenvalue weighted by molar-refractivity contribution is -0.121. The number of carbonyl (C=O) groups excluding carboxylic acids is 1. The van der Waals surface area contributed by atoms with Crippen LogP contribution in [0.5, 0.6) is 0 Å². The van der Waals surface area contributed by atoms with Gasteiger partial charge in [-0.1, -0.05) is 0 Å². The number of nitrogens with one attached hydrogen (secondary N) is 1. The number of rotatable bonds is 2. The summed E-state index contributed by atoms with van der Waals surface area (Å²) in [7, 11) is 0. The Morgan fingerprint density at radius 1 is 1.23 bits per heavy atom. The van der Waals surface area contributed by atoms with E-state index in [0.29, 0.717) is 12.2 Å². The number of nitrogens with zero attached hydrogens (tertiary/aromatic N) is 1. The van der Waals surface area contributed by atoms with Gasteiger partial charge in [0.05, 0.1) is 0 Å². The Morgan fingerprint density at radius 3 is 2.77 bits per heavy atom. The summed E-state index contributed by atoms with van der Waals surface area (Å²) in [6, 6.07) is 1.99. The van der Waals surface area contributed by atoms with Crippen molar-refractivity contribution in [1.82, 2.24) is 4.98 Å². The Balaban J connectivity index is 1.70. The molecule has 1 aromatic heterocycles. The van der Waals surface area contributed by atoms with Crippen LogP contribution in [0.3, 0.4) is 0 Å². The van der Waals surface area contributed by atoms with Gasteiger partial charge in [0.15, 0.2) is 0 Å². The number of hydrogen-bond acceptors (Lipinski definition) is 4. The summed E-state index contributed by atoms with van der Waals surface area (Å²) in [6.45, 7) is 2.04. The second-order valence-electron chi connectivity index (χ2n) is 6.76. The number of aryl methyl sites for hydroxylation is 2.